The first-order chi connectivity index (χ1) is 10.5. The monoisotopic (exact) mass is 299 g/mol. The Balaban J connectivity index is 1.62. The second-order valence-electron chi connectivity index (χ2n) is 6.47. The molecule has 0 N–H and O–H groups in total. The van der Waals surface area contributed by atoms with E-state index in [0.29, 0.717) is 6.04 Å². The maximum absolute atomic E-state index is 4.64. The molecule has 118 valence electrons. The molecule has 3 rings (SSSR count). The van der Waals surface area contributed by atoms with E-state index in [4.69, 9.17) is 0 Å². The first kappa shape index (κ1) is 15.0. The van der Waals surface area contributed by atoms with Crippen LogP contribution in [0.4, 0.5) is 5.82 Å². The van der Waals surface area contributed by atoms with Gasteiger partial charge in [-0.05, 0) is 38.0 Å². The average Bonchev–Trinajstić information content (AvgIpc) is 3.06. The van der Waals surface area contributed by atoms with E-state index < -0.39 is 0 Å². The molecule has 0 amide bonds. The SMILES string of the molecule is Cc1cc(C)n([C@@H]2CCN(Cc3ccc(N(C)C)nc3)C2)n1. The first-order valence-electron chi connectivity index (χ1n) is 7.90. The molecule has 2 aromatic rings. The molecule has 0 saturated carbocycles. The van der Waals surface area contributed by atoms with Gasteiger partial charge < -0.3 is 4.90 Å². The fraction of sp³-hybridized carbons (Fsp3) is 0.529. The van der Waals surface area contributed by atoms with E-state index in [1.54, 1.807) is 0 Å². The van der Waals surface area contributed by atoms with Crippen LogP contribution in [-0.4, -0.2) is 46.8 Å². The van der Waals surface area contributed by atoms with Crippen molar-refractivity contribution in [3.8, 4) is 0 Å². The number of anilines is 1. The Kier molecular flexibility index (Phi) is 4.16. The summed E-state index contributed by atoms with van der Waals surface area (Å²) in [7, 11) is 4.03. The quantitative estimate of drug-likeness (QED) is 0.869. The van der Waals surface area contributed by atoms with Gasteiger partial charge in [-0.1, -0.05) is 6.07 Å². The maximum atomic E-state index is 4.64. The topological polar surface area (TPSA) is 37.2 Å². The zero-order valence-electron chi connectivity index (χ0n) is 14.0. The van der Waals surface area contributed by atoms with E-state index >= 15 is 0 Å². The Bertz CT molecular complexity index is 629. The molecule has 0 spiro atoms. The van der Waals surface area contributed by atoms with Gasteiger partial charge in [0.1, 0.15) is 5.82 Å². The maximum Gasteiger partial charge on any atom is 0.127 e. The standard InChI is InChI=1S/C17H25N5/c1-13-9-14(2)22(19-13)16-7-8-21(12-16)11-15-5-6-17(18-10-15)20(3)4/h5-6,9-10,16H,7-8,11-12H2,1-4H3/t16-/m1/s1. The fourth-order valence-electron chi connectivity index (χ4n) is 3.20. The third-order valence-electron chi connectivity index (χ3n) is 4.31. The summed E-state index contributed by atoms with van der Waals surface area (Å²) in [6.07, 6.45) is 3.16. The van der Waals surface area contributed by atoms with Gasteiger partial charge in [0.25, 0.3) is 0 Å². The number of nitrogens with zero attached hydrogens (tertiary/aromatic N) is 5. The molecule has 0 unspecified atom stereocenters. The molecule has 1 fully saturated rings. The van der Waals surface area contributed by atoms with Crippen molar-refractivity contribution in [3.63, 3.8) is 0 Å². The van der Waals surface area contributed by atoms with Crippen LogP contribution in [0.1, 0.15) is 29.4 Å². The number of aryl methyl sites for hydroxylation is 2. The molecular weight excluding hydrogens is 274 g/mol. The van der Waals surface area contributed by atoms with Gasteiger partial charge >= 0.3 is 0 Å². The van der Waals surface area contributed by atoms with E-state index in [9.17, 15) is 0 Å². The molecule has 2 aromatic heterocycles. The highest BCUT2D eigenvalue weighted by Crippen LogP contribution is 2.24. The molecule has 1 atom stereocenters. The highest BCUT2D eigenvalue weighted by Gasteiger charge is 2.25. The highest BCUT2D eigenvalue weighted by atomic mass is 15.3. The second-order valence-corrected chi connectivity index (χ2v) is 6.47. The van der Waals surface area contributed by atoms with Gasteiger partial charge in [0.2, 0.25) is 0 Å². The minimum atomic E-state index is 0.503. The lowest BCUT2D eigenvalue weighted by Crippen LogP contribution is -2.22. The molecule has 1 saturated heterocycles. The smallest absolute Gasteiger partial charge is 0.127 e. The van der Waals surface area contributed by atoms with Crippen LogP contribution in [0.5, 0.6) is 0 Å². The van der Waals surface area contributed by atoms with E-state index in [2.05, 4.69) is 51.7 Å². The summed E-state index contributed by atoms with van der Waals surface area (Å²) >= 11 is 0. The molecule has 0 radical (unpaired) electrons. The predicted molar refractivity (Wildman–Crippen MR) is 89.2 cm³/mol. The molecular formula is C17H25N5. The summed E-state index contributed by atoms with van der Waals surface area (Å²) in [5, 5.41) is 4.64. The average molecular weight is 299 g/mol. The lowest BCUT2D eigenvalue weighted by atomic mass is 10.2. The molecule has 0 aliphatic carbocycles. The van der Waals surface area contributed by atoms with Gasteiger partial charge in [-0.3, -0.25) is 9.58 Å². The summed E-state index contributed by atoms with van der Waals surface area (Å²) in [4.78, 5) is 9.02. The van der Waals surface area contributed by atoms with Crippen molar-refractivity contribution >= 4 is 5.82 Å². The summed E-state index contributed by atoms with van der Waals surface area (Å²) in [6.45, 7) is 7.37. The first-order valence-corrected chi connectivity index (χ1v) is 7.90. The van der Waals surface area contributed by atoms with E-state index in [0.717, 1.165) is 31.1 Å². The van der Waals surface area contributed by atoms with Gasteiger partial charge in [-0.25, -0.2) is 4.98 Å². The van der Waals surface area contributed by atoms with Crippen LogP contribution >= 0.6 is 0 Å². The molecule has 0 aromatic carbocycles. The minimum Gasteiger partial charge on any atom is -0.363 e. The predicted octanol–water partition coefficient (Wildman–Crippen LogP) is 2.41. The lowest BCUT2D eigenvalue weighted by Gasteiger charge is -2.17. The number of hydrogen-bond acceptors (Lipinski definition) is 4. The van der Waals surface area contributed by atoms with E-state index in [1.165, 1.54) is 17.7 Å². The van der Waals surface area contributed by atoms with Crippen molar-refractivity contribution < 1.29 is 0 Å². The van der Waals surface area contributed by atoms with Gasteiger partial charge in [0.05, 0.1) is 11.7 Å². The van der Waals surface area contributed by atoms with Crippen LogP contribution in [0.15, 0.2) is 24.4 Å². The van der Waals surface area contributed by atoms with Crippen molar-refractivity contribution in [1.29, 1.82) is 0 Å². The summed E-state index contributed by atoms with van der Waals surface area (Å²) < 4.78 is 2.20. The molecule has 5 nitrogen and oxygen atoms in total. The highest BCUT2D eigenvalue weighted by molar-refractivity contribution is 5.37. The van der Waals surface area contributed by atoms with Crippen LogP contribution in [-0.2, 0) is 6.54 Å². The summed E-state index contributed by atoms with van der Waals surface area (Å²) in [5.41, 5.74) is 3.65. The van der Waals surface area contributed by atoms with Gasteiger partial charge in [-0.2, -0.15) is 5.10 Å². The Morgan fingerprint density at radius 2 is 2.09 bits per heavy atom. The number of rotatable bonds is 4. The second kappa shape index (κ2) is 6.08. The lowest BCUT2D eigenvalue weighted by molar-refractivity contribution is 0.310. The molecule has 5 heteroatoms. The third-order valence-corrected chi connectivity index (χ3v) is 4.31. The van der Waals surface area contributed by atoms with E-state index in [1.807, 2.05) is 25.2 Å². The van der Waals surface area contributed by atoms with Crippen molar-refractivity contribution in [2.75, 3.05) is 32.1 Å². The molecule has 0 bridgehead atoms. The largest absolute Gasteiger partial charge is 0.363 e. The van der Waals surface area contributed by atoms with Crippen LogP contribution in [0.25, 0.3) is 0 Å². The van der Waals surface area contributed by atoms with Crippen LogP contribution in [0.2, 0.25) is 0 Å². The van der Waals surface area contributed by atoms with Crippen molar-refractivity contribution in [1.82, 2.24) is 19.7 Å². The Morgan fingerprint density at radius 3 is 2.68 bits per heavy atom. The van der Waals surface area contributed by atoms with Crippen molar-refractivity contribution in [2.24, 2.45) is 0 Å². The normalized spacial score (nSPS) is 18.8. The number of hydrogen-bond donors (Lipinski definition) is 0. The number of pyridine rings is 1. The third kappa shape index (κ3) is 3.14. The van der Waals surface area contributed by atoms with Crippen LogP contribution in [0.3, 0.4) is 0 Å². The zero-order chi connectivity index (χ0) is 15.7. The molecule has 22 heavy (non-hydrogen) atoms. The Hall–Kier alpha value is -1.88. The van der Waals surface area contributed by atoms with Crippen LogP contribution < -0.4 is 4.90 Å². The Morgan fingerprint density at radius 1 is 1.27 bits per heavy atom. The fourth-order valence-corrected chi connectivity index (χ4v) is 3.20. The van der Waals surface area contributed by atoms with E-state index in [-0.39, 0.29) is 0 Å². The van der Waals surface area contributed by atoms with Crippen molar-refractivity contribution in [2.45, 2.75) is 32.9 Å². The van der Waals surface area contributed by atoms with Gasteiger partial charge in [0, 0.05) is 45.6 Å². The molecule has 1 aliphatic rings. The number of aromatic nitrogens is 3. The van der Waals surface area contributed by atoms with Crippen molar-refractivity contribution in [3.05, 3.63) is 41.3 Å². The zero-order valence-corrected chi connectivity index (χ0v) is 14.0. The summed E-state index contributed by atoms with van der Waals surface area (Å²) in [5.74, 6) is 1.01. The number of likely N-dealkylation sites (tertiary alicyclic amines) is 1. The Labute approximate surface area is 132 Å². The molecule has 1 aliphatic heterocycles. The molecule has 3 heterocycles. The van der Waals surface area contributed by atoms with Gasteiger partial charge in [-0.15, -0.1) is 0 Å². The minimum absolute atomic E-state index is 0.503. The van der Waals surface area contributed by atoms with Crippen LogP contribution in [0, 0.1) is 13.8 Å². The van der Waals surface area contributed by atoms with Gasteiger partial charge in [0.15, 0.2) is 0 Å². The summed E-state index contributed by atoms with van der Waals surface area (Å²) in [6, 6.07) is 6.93.